The van der Waals surface area contributed by atoms with Crippen molar-refractivity contribution in [2.75, 3.05) is 0 Å². The summed E-state index contributed by atoms with van der Waals surface area (Å²) in [6.07, 6.45) is 10.3. The first-order chi connectivity index (χ1) is 11.5. The Labute approximate surface area is 146 Å². The molecule has 6 atom stereocenters. The number of carbonyl (C=O) groups is 1. The van der Waals surface area contributed by atoms with Crippen LogP contribution in [0.25, 0.3) is 0 Å². The molecular formula is C22H32O2. The van der Waals surface area contributed by atoms with Gasteiger partial charge in [0.2, 0.25) is 0 Å². The van der Waals surface area contributed by atoms with Crippen LogP contribution >= 0.6 is 0 Å². The summed E-state index contributed by atoms with van der Waals surface area (Å²) in [7, 11) is 0. The first-order valence-electron chi connectivity index (χ1n) is 10.1. The minimum Gasteiger partial charge on any atom is -0.392 e. The maximum Gasteiger partial charge on any atom is 0.155 e. The van der Waals surface area contributed by atoms with E-state index < -0.39 is 0 Å². The molecule has 4 rings (SSSR count). The Morgan fingerprint density at radius 1 is 1.25 bits per heavy atom. The molecule has 0 aliphatic heterocycles. The number of allylic oxidation sites excluding steroid dienone is 2. The van der Waals surface area contributed by atoms with Crippen molar-refractivity contribution in [3.05, 3.63) is 22.8 Å². The molecule has 0 saturated heterocycles. The highest BCUT2D eigenvalue weighted by Crippen LogP contribution is 2.63. The molecule has 1 N–H and O–H groups in total. The Morgan fingerprint density at radius 3 is 2.75 bits per heavy atom. The fraction of sp³-hybridized carbons (Fsp3) is 0.773. The van der Waals surface area contributed by atoms with Crippen LogP contribution in [0.15, 0.2) is 22.8 Å². The summed E-state index contributed by atoms with van der Waals surface area (Å²) in [4.78, 5) is 11.9. The third kappa shape index (κ3) is 2.21. The fourth-order valence-electron chi connectivity index (χ4n) is 6.70. The molecule has 2 fully saturated rings. The molecule has 2 saturated carbocycles. The van der Waals surface area contributed by atoms with E-state index in [0.29, 0.717) is 29.5 Å². The second-order valence-electron chi connectivity index (χ2n) is 8.94. The molecule has 0 amide bonds. The molecular weight excluding hydrogens is 296 g/mol. The zero-order valence-electron chi connectivity index (χ0n) is 15.5. The number of aliphatic hydroxyl groups is 1. The largest absolute Gasteiger partial charge is 0.392 e. The van der Waals surface area contributed by atoms with Gasteiger partial charge in [-0.1, -0.05) is 43.9 Å². The Morgan fingerprint density at radius 2 is 2.04 bits per heavy atom. The topological polar surface area (TPSA) is 37.3 Å². The van der Waals surface area contributed by atoms with Crippen molar-refractivity contribution in [3.8, 4) is 0 Å². The summed E-state index contributed by atoms with van der Waals surface area (Å²) in [6.45, 7) is 6.91. The van der Waals surface area contributed by atoms with Gasteiger partial charge in [0.1, 0.15) is 0 Å². The van der Waals surface area contributed by atoms with Crippen molar-refractivity contribution in [1.29, 1.82) is 0 Å². The second kappa shape index (κ2) is 5.83. The summed E-state index contributed by atoms with van der Waals surface area (Å²) >= 11 is 0. The molecule has 0 bridgehead atoms. The van der Waals surface area contributed by atoms with Gasteiger partial charge in [0.05, 0.1) is 6.10 Å². The summed E-state index contributed by atoms with van der Waals surface area (Å²) in [5.74, 6) is 2.99. The van der Waals surface area contributed by atoms with Crippen LogP contribution in [0.5, 0.6) is 0 Å². The van der Waals surface area contributed by atoms with E-state index in [4.69, 9.17) is 0 Å². The van der Waals surface area contributed by atoms with Gasteiger partial charge in [-0.05, 0) is 68.3 Å². The highest BCUT2D eigenvalue weighted by molar-refractivity contribution is 5.91. The summed E-state index contributed by atoms with van der Waals surface area (Å²) in [6, 6.07) is 0. The Hall–Kier alpha value is -0.890. The predicted molar refractivity (Wildman–Crippen MR) is 96.5 cm³/mol. The fourth-order valence-corrected chi connectivity index (χ4v) is 6.70. The third-order valence-corrected chi connectivity index (χ3v) is 7.96. The van der Waals surface area contributed by atoms with E-state index in [2.05, 4.69) is 20.8 Å². The lowest BCUT2D eigenvalue weighted by Gasteiger charge is -2.54. The lowest BCUT2D eigenvalue weighted by atomic mass is 9.50. The van der Waals surface area contributed by atoms with Gasteiger partial charge >= 0.3 is 0 Å². The lowest BCUT2D eigenvalue weighted by Crippen LogP contribution is -2.47. The van der Waals surface area contributed by atoms with Gasteiger partial charge in [-0.2, -0.15) is 0 Å². The minimum atomic E-state index is -0.175. The number of aliphatic hydroxyl groups excluding tert-OH is 1. The smallest absolute Gasteiger partial charge is 0.155 e. The highest BCUT2D eigenvalue weighted by atomic mass is 16.3. The normalized spacial score (nSPS) is 44.8. The van der Waals surface area contributed by atoms with Gasteiger partial charge in [-0.3, -0.25) is 4.79 Å². The Kier molecular flexibility index (Phi) is 4.03. The van der Waals surface area contributed by atoms with Crippen LogP contribution in [0.4, 0.5) is 0 Å². The second-order valence-corrected chi connectivity index (χ2v) is 8.94. The molecule has 0 aromatic heterocycles. The van der Waals surface area contributed by atoms with E-state index in [1.165, 1.54) is 18.4 Å². The zero-order chi connectivity index (χ0) is 17.1. The number of fused-ring (bicyclic) bond motifs is 5. The molecule has 24 heavy (non-hydrogen) atoms. The van der Waals surface area contributed by atoms with Crippen molar-refractivity contribution in [3.63, 3.8) is 0 Å². The maximum absolute atomic E-state index is 11.9. The molecule has 0 aromatic carbocycles. The van der Waals surface area contributed by atoms with Crippen molar-refractivity contribution in [2.45, 2.75) is 78.2 Å². The van der Waals surface area contributed by atoms with E-state index in [1.54, 1.807) is 11.1 Å². The standard InChI is InChI=1S/C22H32O2/c1-4-13-10-15-11-16(23)6-7-17(15)18-8-9-22(3)19(24)12-14(5-2)21(22)20(13)18/h11,13,17-20,24H,4-10,12H2,1-3H3/t13-,17+,18-,19+,20-,22-/m1/s1. The van der Waals surface area contributed by atoms with Crippen LogP contribution < -0.4 is 0 Å². The van der Waals surface area contributed by atoms with Gasteiger partial charge in [0, 0.05) is 11.8 Å². The van der Waals surface area contributed by atoms with Crippen molar-refractivity contribution < 1.29 is 9.90 Å². The molecule has 0 heterocycles. The minimum absolute atomic E-state index is 0.0195. The molecule has 2 nitrogen and oxygen atoms in total. The van der Waals surface area contributed by atoms with E-state index in [-0.39, 0.29) is 11.5 Å². The van der Waals surface area contributed by atoms with Crippen molar-refractivity contribution >= 4 is 5.78 Å². The van der Waals surface area contributed by atoms with Crippen molar-refractivity contribution in [1.82, 2.24) is 0 Å². The van der Waals surface area contributed by atoms with Crippen LogP contribution in [0.3, 0.4) is 0 Å². The molecule has 0 radical (unpaired) electrons. The van der Waals surface area contributed by atoms with E-state index in [0.717, 1.165) is 38.5 Å². The molecule has 4 aliphatic carbocycles. The monoisotopic (exact) mass is 328 g/mol. The average molecular weight is 328 g/mol. The average Bonchev–Trinajstić information content (AvgIpc) is 2.84. The SMILES string of the molecule is CCC1=C2[C@@H]3[C@H](CC)CC4=CC(=O)CC[C@@H]4[C@H]3CC[C@]2(C)[C@@H](O)C1. The molecule has 4 aliphatic rings. The quantitative estimate of drug-likeness (QED) is 0.738. The number of hydrogen-bond acceptors (Lipinski definition) is 2. The van der Waals surface area contributed by atoms with Crippen LogP contribution in [-0.2, 0) is 4.79 Å². The highest BCUT2D eigenvalue weighted by Gasteiger charge is 2.55. The molecule has 0 aromatic rings. The van der Waals surface area contributed by atoms with Crippen molar-refractivity contribution in [2.24, 2.45) is 29.1 Å². The van der Waals surface area contributed by atoms with Gasteiger partial charge in [0.15, 0.2) is 5.78 Å². The molecule has 2 heteroatoms. The van der Waals surface area contributed by atoms with Crippen LogP contribution in [-0.4, -0.2) is 17.0 Å². The first-order valence-corrected chi connectivity index (χ1v) is 10.1. The Balaban J connectivity index is 1.79. The van der Waals surface area contributed by atoms with Crippen LogP contribution in [0.2, 0.25) is 0 Å². The summed E-state index contributed by atoms with van der Waals surface area (Å²) in [5, 5.41) is 10.8. The molecule has 132 valence electrons. The number of hydrogen-bond donors (Lipinski definition) is 1. The lowest BCUT2D eigenvalue weighted by molar-refractivity contribution is -0.115. The predicted octanol–water partition coefficient (Wildman–Crippen LogP) is 4.83. The number of ketones is 1. The first kappa shape index (κ1) is 16.6. The zero-order valence-corrected chi connectivity index (χ0v) is 15.5. The number of carbonyl (C=O) groups excluding carboxylic acids is 1. The summed E-state index contributed by atoms with van der Waals surface area (Å²) in [5.41, 5.74) is 4.68. The van der Waals surface area contributed by atoms with Gasteiger partial charge in [-0.25, -0.2) is 0 Å². The molecule has 0 unspecified atom stereocenters. The van der Waals surface area contributed by atoms with Crippen LogP contribution in [0.1, 0.15) is 72.1 Å². The van der Waals surface area contributed by atoms with Gasteiger partial charge < -0.3 is 5.11 Å². The third-order valence-electron chi connectivity index (χ3n) is 7.96. The molecule has 0 spiro atoms. The van der Waals surface area contributed by atoms with E-state index >= 15 is 0 Å². The van der Waals surface area contributed by atoms with E-state index in [1.807, 2.05) is 6.08 Å². The van der Waals surface area contributed by atoms with E-state index in [9.17, 15) is 9.90 Å². The van der Waals surface area contributed by atoms with Gasteiger partial charge in [-0.15, -0.1) is 0 Å². The number of rotatable bonds is 2. The summed E-state index contributed by atoms with van der Waals surface area (Å²) < 4.78 is 0. The maximum atomic E-state index is 11.9. The Bertz CT molecular complexity index is 613. The van der Waals surface area contributed by atoms with Crippen LogP contribution in [0, 0.1) is 29.1 Å². The van der Waals surface area contributed by atoms with Gasteiger partial charge in [0.25, 0.3) is 0 Å².